The molecule has 2 aliphatic rings. The molecule has 0 radical (unpaired) electrons. The van der Waals surface area contributed by atoms with Crippen LogP contribution < -0.4 is 9.47 Å². The zero-order valence-corrected chi connectivity index (χ0v) is 18.6. The van der Waals surface area contributed by atoms with E-state index < -0.39 is 0 Å². The van der Waals surface area contributed by atoms with Gasteiger partial charge in [-0.2, -0.15) is 0 Å². The fourth-order valence-electron chi connectivity index (χ4n) is 4.64. The quantitative estimate of drug-likeness (QED) is 0.606. The second-order valence-corrected chi connectivity index (χ2v) is 9.28. The smallest absolute Gasteiger partial charge is 0.162 e. The monoisotopic (exact) mass is 409 g/mol. The van der Waals surface area contributed by atoms with Gasteiger partial charge in [0.2, 0.25) is 0 Å². The second kappa shape index (κ2) is 9.40. The van der Waals surface area contributed by atoms with Crippen molar-refractivity contribution in [2.24, 2.45) is 11.3 Å². The van der Waals surface area contributed by atoms with Crippen molar-refractivity contribution >= 4 is 0 Å². The van der Waals surface area contributed by atoms with Gasteiger partial charge >= 0.3 is 0 Å². The lowest BCUT2D eigenvalue weighted by Gasteiger charge is -2.40. The Kier molecular flexibility index (Phi) is 6.64. The number of hydrogen-bond acceptors (Lipinski definition) is 4. The summed E-state index contributed by atoms with van der Waals surface area (Å²) in [7, 11) is 0. The summed E-state index contributed by atoms with van der Waals surface area (Å²) < 4.78 is 17.7. The molecule has 0 N–H and O–H groups in total. The molecule has 2 heterocycles. The molecule has 0 aliphatic carbocycles. The van der Waals surface area contributed by atoms with E-state index in [9.17, 15) is 0 Å². The van der Waals surface area contributed by atoms with Crippen LogP contribution in [-0.4, -0.2) is 37.8 Å². The number of likely N-dealkylation sites (tertiary alicyclic amines) is 1. The fraction of sp³-hybridized carbons (Fsp3) is 0.538. The lowest BCUT2D eigenvalue weighted by Crippen LogP contribution is -2.40. The van der Waals surface area contributed by atoms with Crippen molar-refractivity contribution < 1.29 is 14.2 Å². The van der Waals surface area contributed by atoms with Gasteiger partial charge in [-0.1, -0.05) is 50.2 Å². The average Bonchev–Trinajstić information content (AvgIpc) is 2.78. The van der Waals surface area contributed by atoms with Gasteiger partial charge in [-0.05, 0) is 67.4 Å². The topological polar surface area (TPSA) is 30.9 Å². The molecule has 4 nitrogen and oxygen atoms in total. The molecule has 2 aromatic carbocycles. The van der Waals surface area contributed by atoms with Crippen LogP contribution in [0.1, 0.15) is 50.8 Å². The van der Waals surface area contributed by atoms with E-state index in [4.69, 9.17) is 14.2 Å². The second-order valence-electron chi connectivity index (χ2n) is 9.28. The van der Waals surface area contributed by atoms with Gasteiger partial charge in [0.15, 0.2) is 17.6 Å². The SMILES string of the molecule is CCOCC(C)(C)C1CCN(Cc2ccc(C3COc4ccccc4O3)cc2)CC1. The minimum absolute atomic E-state index is 0.0442. The first kappa shape index (κ1) is 21.2. The molecule has 1 unspecified atom stereocenters. The number of hydrogen-bond donors (Lipinski definition) is 0. The third kappa shape index (κ3) is 4.98. The summed E-state index contributed by atoms with van der Waals surface area (Å²) in [6, 6.07) is 16.7. The summed E-state index contributed by atoms with van der Waals surface area (Å²) in [5.41, 5.74) is 2.80. The van der Waals surface area contributed by atoms with E-state index in [-0.39, 0.29) is 11.5 Å². The molecule has 0 amide bonds. The molecule has 2 aliphatic heterocycles. The van der Waals surface area contributed by atoms with Gasteiger partial charge in [-0.25, -0.2) is 0 Å². The van der Waals surface area contributed by atoms with Gasteiger partial charge in [0.05, 0.1) is 6.61 Å². The molecule has 0 saturated carbocycles. The number of rotatable bonds is 7. The number of fused-ring (bicyclic) bond motifs is 1. The van der Waals surface area contributed by atoms with Crippen LogP contribution in [0.2, 0.25) is 0 Å². The molecule has 0 bridgehead atoms. The predicted molar refractivity (Wildman–Crippen MR) is 120 cm³/mol. The standard InChI is InChI=1S/C26H35NO3/c1-4-28-19-26(2,3)22-13-15-27(16-14-22)17-20-9-11-21(12-10-20)25-18-29-23-7-5-6-8-24(23)30-25/h5-12,22,25H,4,13-19H2,1-3H3. The Hall–Kier alpha value is -2.04. The molecule has 2 aromatic rings. The molecule has 1 atom stereocenters. The van der Waals surface area contributed by atoms with Crippen LogP contribution in [0.4, 0.5) is 0 Å². The predicted octanol–water partition coefficient (Wildman–Crippen LogP) is 5.47. The first-order valence-electron chi connectivity index (χ1n) is 11.3. The Morgan fingerprint density at radius 2 is 1.70 bits per heavy atom. The van der Waals surface area contributed by atoms with Crippen molar-refractivity contribution in [3.63, 3.8) is 0 Å². The van der Waals surface area contributed by atoms with Crippen molar-refractivity contribution in [2.75, 3.05) is 32.9 Å². The Bertz CT molecular complexity index is 809. The number of piperidine rings is 1. The Morgan fingerprint density at radius 3 is 2.40 bits per heavy atom. The number of benzene rings is 2. The van der Waals surface area contributed by atoms with Gasteiger partial charge in [-0.15, -0.1) is 0 Å². The minimum Gasteiger partial charge on any atom is -0.485 e. The van der Waals surface area contributed by atoms with Crippen molar-refractivity contribution in [1.29, 1.82) is 0 Å². The number of nitrogens with zero attached hydrogens (tertiary/aromatic N) is 1. The molecule has 1 saturated heterocycles. The van der Waals surface area contributed by atoms with Gasteiger partial charge in [0.25, 0.3) is 0 Å². The number of para-hydroxylation sites is 2. The molecule has 0 spiro atoms. The highest BCUT2D eigenvalue weighted by molar-refractivity contribution is 5.41. The highest BCUT2D eigenvalue weighted by Gasteiger charge is 2.32. The Labute approximate surface area is 181 Å². The maximum Gasteiger partial charge on any atom is 0.162 e. The number of ether oxygens (including phenoxy) is 3. The van der Waals surface area contributed by atoms with Crippen molar-refractivity contribution in [3.05, 3.63) is 59.7 Å². The minimum atomic E-state index is -0.0442. The maximum absolute atomic E-state index is 6.13. The van der Waals surface area contributed by atoms with Crippen molar-refractivity contribution in [2.45, 2.75) is 46.3 Å². The largest absolute Gasteiger partial charge is 0.485 e. The van der Waals surface area contributed by atoms with Crippen LogP contribution in [0, 0.1) is 11.3 Å². The van der Waals surface area contributed by atoms with Crippen LogP contribution in [0.3, 0.4) is 0 Å². The maximum atomic E-state index is 6.13. The average molecular weight is 410 g/mol. The summed E-state index contributed by atoms with van der Waals surface area (Å²) in [4.78, 5) is 2.58. The summed E-state index contributed by atoms with van der Waals surface area (Å²) in [5, 5.41) is 0. The lowest BCUT2D eigenvalue weighted by atomic mass is 9.74. The van der Waals surface area contributed by atoms with Crippen molar-refractivity contribution in [3.8, 4) is 11.5 Å². The third-order valence-electron chi connectivity index (χ3n) is 6.64. The molecule has 1 fully saturated rings. The van der Waals surface area contributed by atoms with E-state index in [2.05, 4.69) is 49.9 Å². The first-order chi connectivity index (χ1) is 14.5. The molecule has 0 aromatic heterocycles. The zero-order valence-electron chi connectivity index (χ0n) is 18.6. The molecule has 4 heteroatoms. The van der Waals surface area contributed by atoms with Crippen molar-refractivity contribution in [1.82, 2.24) is 4.90 Å². The molecule has 162 valence electrons. The molecular formula is C26H35NO3. The van der Waals surface area contributed by atoms with Gasteiger partial charge in [-0.3, -0.25) is 4.90 Å². The molecule has 4 rings (SSSR count). The summed E-state index contributed by atoms with van der Waals surface area (Å²) in [5.74, 6) is 2.40. The van der Waals surface area contributed by atoms with E-state index >= 15 is 0 Å². The zero-order chi connectivity index (χ0) is 21.0. The normalized spacial score (nSPS) is 20.3. The Morgan fingerprint density at radius 1 is 1.00 bits per heavy atom. The van der Waals surface area contributed by atoms with Crippen LogP contribution in [0.5, 0.6) is 11.5 Å². The van der Waals surface area contributed by atoms with Gasteiger partial charge in [0.1, 0.15) is 6.61 Å². The summed E-state index contributed by atoms with van der Waals surface area (Å²) >= 11 is 0. The highest BCUT2D eigenvalue weighted by atomic mass is 16.6. The lowest BCUT2D eigenvalue weighted by molar-refractivity contribution is 0.00923. The fourth-order valence-corrected chi connectivity index (χ4v) is 4.64. The van der Waals surface area contributed by atoms with E-state index in [0.29, 0.717) is 6.61 Å². The van der Waals surface area contributed by atoms with E-state index in [1.165, 1.54) is 37.1 Å². The summed E-state index contributed by atoms with van der Waals surface area (Å²) in [6.07, 6.45) is 2.47. The van der Waals surface area contributed by atoms with Gasteiger partial charge in [0, 0.05) is 13.2 Å². The highest BCUT2D eigenvalue weighted by Crippen LogP contribution is 2.37. The third-order valence-corrected chi connectivity index (χ3v) is 6.64. The van der Waals surface area contributed by atoms with E-state index in [0.717, 1.165) is 37.2 Å². The van der Waals surface area contributed by atoms with Crippen LogP contribution in [0.25, 0.3) is 0 Å². The summed E-state index contributed by atoms with van der Waals surface area (Å²) in [6.45, 7) is 12.4. The van der Waals surface area contributed by atoms with Crippen LogP contribution in [0.15, 0.2) is 48.5 Å². The molecular weight excluding hydrogens is 374 g/mol. The van der Waals surface area contributed by atoms with Crippen LogP contribution in [-0.2, 0) is 11.3 Å². The van der Waals surface area contributed by atoms with Gasteiger partial charge < -0.3 is 14.2 Å². The van der Waals surface area contributed by atoms with Crippen LogP contribution >= 0.6 is 0 Å². The molecule has 30 heavy (non-hydrogen) atoms. The Balaban J connectivity index is 1.29. The first-order valence-corrected chi connectivity index (χ1v) is 11.3. The van der Waals surface area contributed by atoms with E-state index in [1.54, 1.807) is 0 Å². The van der Waals surface area contributed by atoms with E-state index in [1.807, 2.05) is 24.3 Å².